The SMILES string of the molecule is Cc1nnc(SC2=C(C(=O)O)N3C(=O)[C@@H]4[C@H]3[C@H](C2)CN4C(=O)Nc2ccc(C(N)=O)cc2)s1.[NaH]. The van der Waals surface area contributed by atoms with Crippen LogP contribution in [0.5, 0.6) is 0 Å². The Kier molecular flexibility index (Phi) is 6.75. The number of β-lactam (4-membered cyclic amide) rings is 1. The van der Waals surface area contributed by atoms with Gasteiger partial charge in [-0.2, -0.15) is 0 Å². The number of aryl methyl sites for hydroxylation is 1. The first-order chi connectivity index (χ1) is 15.7. The summed E-state index contributed by atoms with van der Waals surface area (Å²) in [5.41, 5.74) is 5.96. The Labute approximate surface area is 224 Å². The predicted octanol–water partition coefficient (Wildman–Crippen LogP) is 0.832. The summed E-state index contributed by atoms with van der Waals surface area (Å²) in [6.45, 7) is 2.12. The van der Waals surface area contributed by atoms with Crippen molar-refractivity contribution in [2.24, 2.45) is 11.7 Å². The van der Waals surface area contributed by atoms with E-state index in [4.69, 9.17) is 5.73 Å². The van der Waals surface area contributed by atoms with Gasteiger partial charge in [-0.05, 0) is 37.6 Å². The van der Waals surface area contributed by atoms with E-state index in [1.54, 1.807) is 12.1 Å². The quantitative estimate of drug-likeness (QED) is 0.394. The minimum absolute atomic E-state index is 0. The van der Waals surface area contributed by atoms with Gasteiger partial charge in [-0.25, -0.2) is 9.59 Å². The van der Waals surface area contributed by atoms with Crippen LogP contribution in [0, 0.1) is 12.8 Å². The van der Waals surface area contributed by atoms with Gasteiger partial charge >= 0.3 is 41.6 Å². The van der Waals surface area contributed by atoms with E-state index >= 15 is 0 Å². The van der Waals surface area contributed by atoms with Gasteiger partial charge in [-0.1, -0.05) is 23.1 Å². The van der Waals surface area contributed by atoms with Gasteiger partial charge in [0, 0.05) is 28.6 Å². The van der Waals surface area contributed by atoms with E-state index in [1.165, 1.54) is 45.0 Å². The first-order valence-corrected chi connectivity index (χ1v) is 11.6. The number of carboxylic acids is 1. The number of hydrogen-bond acceptors (Lipinski definition) is 8. The number of aromatic nitrogens is 2. The number of rotatable bonds is 5. The number of primary amides is 1. The Morgan fingerprint density at radius 1 is 1.24 bits per heavy atom. The van der Waals surface area contributed by atoms with Crippen LogP contribution in [-0.2, 0) is 9.59 Å². The van der Waals surface area contributed by atoms with E-state index in [1.807, 2.05) is 6.92 Å². The monoisotopic (exact) mass is 510 g/mol. The number of aliphatic carboxylic acids is 1. The standard InChI is InChI=1S/C20H18N6O5S2.Na.H/c1-8-23-24-20(32-8)33-12-6-10-7-25(15-13(10)26(17(15)28)14(12)18(29)30)19(31)22-11-4-2-9(3-5-11)16(21)27;;/h2-5,10,13,15H,6-7H2,1H3,(H2,21,27)(H,22,31)(H,29,30);;/t10-,13-,15+;;/m1../s1. The Balaban J connectivity index is 0.00000274. The molecule has 0 saturated carbocycles. The molecular formula is C20H19N6NaO5S2. The molecule has 3 aliphatic heterocycles. The van der Waals surface area contributed by atoms with E-state index in [9.17, 15) is 24.3 Å². The van der Waals surface area contributed by atoms with Crippen LogP contribution in [0.3, 0.4) is 0 Å². The van der Waals surface area contributed by atoms with E-state index in [0.717, 1.165) is 5.01 Å². The zero-order valence-electron chi connectivity index (χ0n) is 17.2. The van der Waals surface area contributed by atoms with Crippen LogP contribution >= 0.6 is 23.1 Å². The first-order valence-electron chi connectivity index (χ1n) is 9.99. The van der Waals surface area contributed by atoms with Crippen LogP contribution in [0.1, 0.15) is 21.8 Å². The van der Waals surface area contributed by atoms with Crippen LogP contribution < -0.4 is 11.1 Å². The summed E-state index contributed by atoms with van der Waals surface area (Å²) >= 11 is 2.56. The van der Waals surface area contributed by atoms with E-state index in [0.29, 0.717) is 33.5 Å². The summed E-state index contributed by atoms with van der Waals surface area (Å²) in [5, 5.41) is 21.3. The van der Waals surface area contributed by atoms with Crippen molar-refractivity contribution in [1.82, 2.24) is 20.0 Å². The van der Waals surface area contributed by atoms with E-state index in [2.05, 4.69) is 15.5 Å². The maximum absolute atomic E-state index is 13.0. The maximum atomic E-state index is 13.0. The second-order valence-electron chi connectivity index (χ2n) is 7.90. The number of allylic oxidation sites excluding steroid dienone is 1. The number of nitrogens with one attached hydrogen (secondary N) is 1. The van der Waals surface area contributed by atoms with Crippen molar-refractivity contribution >= 4 is 82.2 Å². The Morgan fingerprint density at radius 2 is 1.94 bits per heavy atom. The van der Waals surface area contributed by atoms with Gasteiger partial charge in [0.2, 0.25) is 5.91 Å². The van der Waals surface area contributed by atoms with Crippen LogP contribution in [-0.4, -0.2) is 97.1 Å². The average molecular weight is 511 g/mol. The number of carbonyl (C=O) groups excluding carboxylic acids is 3. The molecule has 14 heteroatoms. The van der Waals surface area contributed by atoms with Crippen molar-refractivity contribution in [3.8, 4) is 0 Å². The molecule has 3 aliphatic rings. The fourth-order valence-corrected chi connectivity index (χ4v) is 6.65. The van der Waals surface area contributed by atoms with Gasteiger partial charge in [-0.15, -0.1) is 10.2 Å². The fraction of sp³-hybridized carbons (Fsp3) is 0.300. The van der Waals surface area contributed by atoms with Gasteiger partial charge in [0.05, 0.1) is 6.04 Å². The molecule has 172 valence electrons. The topological polar surface area (TPSA) is 159 Å². The number of hydrogen-bond donors (Lipinski definition) is 3. The normalized spacial score (nSPS) is 22.6. The van der Waals surface area contributed by atoms with Crippen molar-refractivity contribution in [2.75, 3.05) is 11.9 Å². The molecule has 1 aromatic carbocycles. The van der Waals surface area contributed by atoms with Gasteiger partial charge in [0.15, 0.2) is 4.34 Å². The third-order valence-electron chi connectivity index (χ3n) is 5.92. The molecule has 5 rings (SSSR count). The molecule has 0 unspecified atom stereocenters. The van der Waals surface area contributed by atoms with Gasteiger partial charge in [-0.3, -0.25) is 14.5 Å². The summed E-state index contributed by atoms with van der Waals surface area (Å²) in [6.07, 6.45) is 0.424. The number of nitrogens with two attached hydrogens (primary N) is 1. The van der Waals surface area contributed by atoms with Crippen molar-refractivity contribution in [3.63, 3.8) is 0 Å². The molecule has 2 aromatic rings. The molecule has 0 radical (unpaired) electrons. The summed E-state index contributed by atoms with van der Waals surface area (Å²) in [6, 6.07) is 4.58. The fourth-order valence-electron chi connectivity index (χ4n) is 4.53. The number of amides is 4. The molecule has 3 atom stereocenters. The van der Waals surface area contributed by atoms with Crippen molar-refractivity contribution < 1.29 is 24.3 Å². The molecule has 4 amide bonds. The third kappa shape index (κ3) is 4.11. The van der Waals surface area contributed by atoms with Crippen LogP contribution in [0.4, 0.5) is 10.5 Å². The minimum atomic E-state index is -1.18. The second kappa shape index (κ2) is 9.30. The number of carbonyl (C=O) groups is 4. The summed E-state index contributed by atoms with van der Waals surface area (Å²) in [5.74, 6) is -2.25. The summed E-state index contributed by atoms with van der Waals surface area (Å²) in [7, 11) is 0. The van der Waals surface area contributed by atoms with E-state index < -0.39 is 29.9 Å². The number of likely N-dealkylation sites (tertiary alicyclic amines) is 1. The average Bonchev–Trinajstić information content (AvgIpc) is 3.34. The van der Waals surface area contributed by atoms with Gasteiger partial charge in [0.1, 0.15) is 16.7 Å². The Hall–Kier alpha value is -2.45. The van der Waals surface area contributed by atoms with Gasteiger partial charge < -0.3 is 21.1 Å². The molecule has 2 saturated heterocycles. The molecule has 4 heterocycles. The number of urea groups is 1. The molecule has 2 fully saturated rings. The number of nitrogens with zero attached hydrogens (tertiary/aromatic N) is 4. The summed E-state index contributed by atoms with van der Waals surface area (Å²) in [4.78, 5) is 52.5. The molecule has 1 aromatic heterocycles. The van der Waals surface area contributed by atoms with Crippen molar-refractivity contribution in [1.29, 1.82) is 0 Å². The Bertz CT molecular complexity index is 1230. The molecule has 11 nitrogen and oxygen atoms in total. The molecular weight excluding hydrogens is 491 g/mol. The zero-order chi connectivity index (χ0) is 23.4. The second-order valence-corrected chi connectivity index (χ2v) is 10.4. The Morgan fingerprint density at radius 3 is 2.53 bits per heavy atom. The van der Waals surface area contributed by atoms with Crippen molar-refractivity contribution in [2.45, 2.75) is 29.8 Å². The number of anilines is 1. The van der Waals surface area contributed by atoms with Crippen LogP contribution in [0.2, 0.25) is 0 Å². The van der Waals surface area contributed by atoms with Gasteiger partial charge in [0.25, 0.3) is 5.91 Å². The molecule has 0 bridgehead atoms. The van der Waals surface area contributed by atoms with Crippen molar-refractivity contribution in [3.05, 3.63) is 45.4 Å². The summed E-state index contributed by atoms with van der Waals surface area (Å²) < 4.78 is 0.608. The number of thioether (sulfide) groups is 1. The molecule has 4 N–H and O–H groups in total. The number of carboxylic acid groups (broad SMARTS) is 1. The van der Waals surface area contributed by atoms with Crippen LogP contribution in [0.25, 0.3) is 0 Å². The zero-order valence-corrected chi connectivity index (χ0v) is 18.9. The molecule has 0 aliphatic carbocycles. The third-order valence-corrected chi connectivity index (χ3v) is 7.91. The first kappa shape index (κ1) is 24.7. The van der Waals surface area contributed by atoms with E-state index in [-0.39, 0.29) is 47.2 Å². The molecule has 0 spiro atoms. The predicted molar refractivity (Wildman–Crippen MR) is 126 cm³/mol. The molecule has 34 heavy (non-hydrogen) atoms. The van der Waals surface area contributed by atoms with Crippen LogP contribution in [0.15, 0.2) is 39.2 Å². The number of benzene rings is 1.